The Morgan fingerprint density at radius 3 is 2.28 bits per heavy atom. The van der Waals surface area contributed by atoms with Crippen LogP contribution in [-0.4, -0.2) is 39.6 Å². The van der Waals surface area contributed by atoms with Crippen LogP contribution in [0.2, 0.25) is 13.1 Å². The topological polar surface area (TPSA) is 38.5 Å². The lowest BCUT2D eigenvalue weighted by molar-refractivity contribution is -0.146. The van der Waals surface area contributed by atoms with Gasteiger partial charge in [-0.15, -0.1) is 0 Å². The molecular weight excluding hydrogens is 378 g/mol. The van der Waals surface area contributed by atoms with Crippen molar-refractivity contribution < 1.29 is 14.0 Å². The van der Waals surface area contributed by atoms with Crippen LogP contribution in [0, 0.1) is 0 Å². The molecule has 1 saturated heterocycles. The molecule has 0 aromatic heterocycles. The van der Waals surface area contributed by atoms with Crippen LogP contribution < -0.4 is 10.1 Å². The number of anilines is 1. The van der Waals surface area contributed by atoms with Gasteiger partial charge in [0.05, 0.1) is 19.8 Å². The quantitative estimate of drug-likeness (QED) is 0.250. The van der Waals surface area contributed by atoms with Gasteiger partial charge in [-0.1, -0.05) is 74.7 Å². The fourth-order valence-corrected chi connectivity index (χ4v) is 6.29. The molecule has 0 amide bonds. The minimum absolute atomic E-state index is 0.191. The van der Waals surface area contributed by atoms with E-state index in [1.807, 2.05) is 36.4 Å². The van der Waals surface area contributed by atoms with E-state index in [0.717, 1.165) is 31.4 Å². The molecule has 0 radical (unpaired) electrons. The van der Waals surface area contributed by atoms with Gasteiger partial charge in [-0.3, -0.25) is 0 Å². The van der Waals surface area contributed by atoms with Crippen LogP contribution in [-0.2, 0) is 14.0 Å². The van der Waals surface area contributed by atoms with Crippen molar-refractivity contribution in [2.45, 2.75) is 57.3 Å². The molecule has 0 bridgehead atoms. The maximum Gasteiger partial charge on any atom is 0.336 e. The highest BCUT2D eigenvalue weighted by Gasteiger charge is 2.65. The molecule has 5 heteroatoms. The van der Waals surface area contributed by atoms with Crippen molar-refractivity contribution in [3.63, 3.8) is 0 Å². The number of benzene rings is 2. The van der Waals surface area contributed by atoms with E-state index < -0.39 is 13.9 Å². The van der Waals surface area contributed by atoms with Gasteiger partial charge in [-0.05, 0) is 36.8 Å². The van der Waals surface area contributed by atoms with Gasteiger partial charge in [0.15, 0.2) is 5.54 Å². The number of carbonyl (C=O) groups is 1. The SMILES string of the molecule is CCCCCC(O[Si](C)(C)c1ccccc1)C1(C(=O)OC)CN1c1ccccc1. The summed E-state index contributed by atoms with van der Waals surface area (Å²) in [5.74, 6) is -0.194. The van der Waals surface area contributed by atoms with E-state index in [-0.39, 0.29) is 12.1 Å². The Kier molecular flexibility index (Phi) is 6.80. The summed E-state index contributed by atoms with van der Waals surface area (Å²) < 4.78 is 12.2. The summed E-state index contributed by atoms with van der Waals surface area (Å²) in [6.45, 7) is 7.27. The molecule has 29 heavy (non-hydrogen) atoms. The number of hydrogen-bond donors (Lipinski definition) is 0. The van der Waals surface area contributed by atoms with Crippen molar-refractivity contribution in [2.24, 2.45) is 0 Å². The summed E-state index contributed by atoms with van der Waals surface area (Å²) in [6.07, 6.45) is 3.98. The smallest absolute Gasteiger partial charge is 0.336 e. The number of hydrogen-bond acceptors (Lipinski definition) is 4. The molecule has 0 spiro atoms. The fourth-order valence-electron chi connectivity index (χ4n) is 4.13. The predicted molar refractivity (Wildman–Crippen MR) is 121 cm³/mol. The van der Waals surface area contributed by atoms with Crippen molar-refractivity contribution in [1.29, 1.82) is 0 Å². The van der Waals surface area contributed by atoms with E-state index >= 15 is 0 Å². The average molecular weight is 412 g/mol. The predicted octanol–water partition coefficient (Wildman–Crippen LogP) is 4.50. The van der Waals surface area contributed by atoms with Crippen LogP contribution in [0.1, 0.15) is 32.6 Å². The monoisotopic (exact) mass is 411 g/mol. The lowest BCUT2D eigenvalue weighted by atomic mass is 9.97. The van der Waals surface area contributed by atoms with E-state index in [4.69, 9.17) is 9.16 Å². The number of rotatable bonds is 10. The first-order valence-corrected chi connectivity index (χ1v) is 13.5. The zero-order valence-electron chi connectivity index (χ0n) is 18.1. The molecule has 1 heterocycles. The minimum Gasteiger partial charge on any atom is -0.467 e. The van der Waals surface area contributed by atoms with Crippen molar-refractivity contribution in [3.8, 4) is 0 Å². The maximum atomic E-state index is 13.0. The zero-order valence-corrected chi connectivity index (χ0v) is 19.1. The number of methoxy groups -OCH3 is 1. The normalized spacial score (nSPS) is 19.7. The van der Waals surface area contributed by atoms with Crippen molar-refractivity contribution in [1.82, 2.24) is 0 Å². The summed E-state index contributed by atoms with van der Waals surface area (Å²) in [6, 6.07) is 20.5. The summed E-state index contributed by atoms with van der Waals surface area (Å²) in [5, 5.41) is 1.24. The number of nitrogens with zero attached hydrogens (tertiary/aromatic N) is 1. The third-order valence-corrected chi connectivity index (χ3v) is 8.49. The van der Waals surface area contributed by atoms with Gasteiger partial charge >= 0.3 is 5.97 Å². The van der Waals surface area contributed by atoms with Crippen molar-refractivity contribution in [3.05, 3.63) is 60.7 Å². The van der Waals surface area contributed by atoms with Crippen LogP contribution in [0.15, 0.2) is 60.7 Å². The first kappa shape index (κ1) is 21.6. The summed E-state index contributed by atoms with van der Waals surface area (Å²) in [4.78, 5) is 15.2. The molecule has 2 atom stereocenters. The third-order valence-electron chi connectivity index (χ3n) is 5.89. The van der Waals surface area contributed by atoms with Gasteiger partial charge in [-0.25, -0.2) is 4.79 Å². The fraction of sp³-hybridized carbons (Fsp3) is 0.458. The van der Waals surface area contributed by atoms with Gasteiger partial charge in [0.2, 0.25) is 8.32 Å². The molecule has 2 aromatic rings. The Labute approximate surface area is 176 Å². The van der Waals surface area contributed by atoms with Crippen molar-refractivity contribution in [2.75, 3.05) is 18.6 Å². The van der Waals surface area contributed by atoms with Crippen LogP contribution in [0.4, 0.5) is 5.69 Å². The molecule has 1 fully saturated rings. The first-order valence-electron chi connectivity index (χ1n) is 10.6. The molecule has 4 nitrogen and oxygen atoms in total. The number of esters is 1. The number of para-hydroxylation sites is 1. The van der Waals surface area contributed by atoms with Crippen molar-refractivity contribution >= 4 is 25.2 Å². The van der Waals surface area contributed by atoms with Gasteiger partial charge < -0.3 is 14.1 Å². The Balaban J connectivity index is 1.92. The van der Waals surface area contributed by atoms with Gasteiger partial charge in [0.25, 0.3) is 0 Å². The molecule has 0 N–H and O–H groups in total. The highest BCUT2D eigenvalue weighted by molar-refractivity contribution is 6.84. The number of ether oxygens (including phenoxy) is 1. The summed E-state index contributed by atoms with van der Waals surface area (Å²) in [7, 11) is -0.715. The van der Waals surface area contributed by atoms with E-state index in [0.29, 0.717) is 6.54 Å². The lowest BCUT2D eigenvalue weighted by Gasteiger charge is -2.34. The third kappa shape index (κ3) is 4.56. The summed E-state index contributed by atoms with van der Waals surface area (Å²) in [5.41, 5.74) is 0.310. The van der Waals surface area contributed by atoms with Crippen LogP contribution in [0.3, 0.4) is 0 Å². The summed E-state index contributed by atoms with van der Waals surface area (Å²) >= 11 is 0. The van der Waals surface area contributed by atoms with Crippen LogP contribution in [0.5, 0.6) is 0 Å². The van der Waals surface area contributed by atoms with E-state index in [9.17, 15) is 4.79 Å². The van der Waals surface area contributed by atoms with Crippen LogP contribution in [0.25, 0.3) is 0 Å². The molecular formula is C24H33NO3Si. The van der Waals surface area contributed by atoms with Gasteiger partial charge in [0, 0.05) is 5.69 Å². The number of carbonyl (C=O) groups excluding carboxylic acids is 1. The second-order valence-corrected chi connectivity index (χ2v) is 12.1. The molecule has 1 aliphatic rings. The second-order valence-electron chi connectivity index (χ2n) is 8.32. The highest BCUT2D eigenvalue weighted by Crippen LogP contribution is 2.45. The van der Waals surface area contributed by atoms with E-state index in [2.05, 4.69) is 49.2 Å². The molecule has 2 aromatic carbocycles. The standard InChI is InChI=1S/C24H33NO3Si/c1-5-6-9-18-22(28-29(3,4)21-16-12-8-13-17-21)24(23(26)27-2)19-25(24)20-14-10-7-11-15-20/h7-8,10-17,22H,5-6,9,18-19H2,1-4H3. The van der Waals surface area contributed by atoms with E-state index in [1.54, 1.807) is 0 Å². The molecule has 1 aliphatic heterocycles. The molecule has 3 rings (SSSR count). The highest BCUT2D eigenvalue weighted by atomic mass is 28.4. The Morgan fingerprint density at radius 2 is 1.69 bits per heavy atom. The molecule has 2 unspecified atom stereocenters. The molecule has 156 valence electrons. The lowest BCUT2D eigenvalue weighted by Crippen LogP contribution is -2.54. The Hall–Kier alpha value is -2.11. The Morgan fingerprint density at radius 1 is 1.07 bits per heavy atom. The second kappa shape index (κ2) is 9.14. The average Bonchev–Trinajstić information content (AvgIpc) is 3.51. The van der Waals surface area contributed by atoms with E-state index in [1.165, 1.54) is 12.3 Å². The molecule has 0 aliphatic carbocycles. The minimum atomic E-state index is -2.20. The van der Waals surface area contributed by atoms with Gasteiger partial charge in [-0.2, -0.15) is 0 Å². The molecule has 0 saturated carbocycles. The first-order chi connectivity index (χ1) is 14.0. The maximum absolute atomic E-state index is 13.0. The number of unbranched alkanes of at least 4 members (excludes halogenated alkanes) is 2. The van der Waals surface area contributed by atoms with Gasteiger partial charge in [0.1, 0.15) is 0 Å². The Bertz CT molecular complexity index is 796. The largest absolute Gasteiger partial charge is 0.467 e. The van der Waals surface area contributed by atoms with Crippen LogP contribution >= 0.6 is 0 Å². The zero-order chi connectivity index (χ0) is 20.9.